The van der Waals surface area contributed by atoms with E-state index in [0.717, 1.165) is 5.56 Å². The Morgan fingerprint density at radius 1 is 1.00 bits per heavy atom. The summed E-state index contributed by atoms with van der Waals surface area (Å²) in [6.07, 6.45) is 0. The van der Waals surface area contributed by atoms with Crippen molar-refractivity contribution in [1.29, 1.82) is 0 Å². The summed E-state index contributed by atoms with van der Waals surface area (Å²) < 4.78 is 29.7. The summed E-state index contributed by atoms with van der Waals surface area (Å²) in [5.41, 5.74) is 6.96. The van der Waals surface area contributed by atoms with Crippen molar-refractivity contribution < 1.29 is 18.6 Å². The van der Waals surface area contributed by atoms with E-state index in [1.165, 1.54) is 13.2 Å². The van der Waals surface area contributed by atoms with Gasteiger partial charge in [0.1, 0.15) is 18.2 Å². The summed E-state index contributed by atoms with van der Waals surface area (Å²) in [5.74, 6) is 1.22. The van der Waals surface area contributed by atoms with Crippen LogP contribution >= 0.6 is 0 Å². The third-order valence-electron chi connectivity index (χ3n) is 3.11. The molecule has 0 saturated heterocycles. The number of rotatable bonds is 6. The first-order valence-electron chi connectivity index (χ1n) is 6.50. The molecule has 4 nitrogen and oxygen atoms in total. The monoisotopic (exact) mass is 291 g/mol. The summed E-state index contributed by atoms with van der Waals surface area (Å²) in [5, 5.41) is 0. The Hall–Kier alpha value is -2.27. The molecule has 5 heteroatoms. The van der Waals surface area contributed by atoms with Crippen molar-refractivity contribution in [2.45, 2.75) is 13.2 Å². The summed E-state index contributed by atoms with van der Waals surface area (Å²) in [6.45, 7) is 0.497. The second-order valence-electron chi connectivity index (χ2n) is 4.44. The van der Waals surface area contributed by atoms with Crippen molar-refractivity contribution >= 4 is 0 Å². The molecular weight excluding hydrogens is 273 g/mol. The van der Waals surface area contributed by atoms with E-state index in [9.17, 15) is 4.39 Å². The summed E-state index contributed by atoms with van der Waals surface area (Å²) in [4.78, 5) is 0. The highest BCUT2D eigenvalue weighted by molar-refractivity contribution is 5.43. The predicted molar refractivity (Wildman–Crippen MR) is 78.2 cm³/mol. The van der Waals surface area contributed by atoms with Gasteiger partial charge in [0, 0.05) is 18.2 Å². The van der Waals surface area contributed by atoms with E-state index in [0.29, 0.717) is 29.4 Å². The topological polar surface area (TPSA) is 53.7 Å². The largest absolute Gasteiger partial charge is 0.497 e. The lowest BCUT2D eigenvalue weighted by molar-refractivity contribution is 0.279. The van der Waals surface area contributed by atoms with Gasteiger partial charge < -0.3 is 19.9 Å². The van der Waals surface area contributed by atoms with E-state index < -0.39 is 0 Å². The number of benzene rings is 2. The van der Waals surface area contributed by atoms with Gasteiger partial charge in [0.05, 0.1) is 14.2 Å². The van der Waals surface area contributed by atoms with Gasteiger partial charge in [-0.15, -0.1) is 0 Å². The number of nitrogens with two attached hydrogens (primary N) is 1. The van der Waals surface area contributed by atoms with Crippen LogP contribution in [-0.4, -0.2) is 14.2 Å². The lowest BCUT2D eigenvalue weighted by Gasteiger charge is -2.12. The fraction of sp³-hybridized carbons (Fsp3) is 0.250. The van der Waals surface area contributed by atoms with Crippen LogP contribution in [0.5, 0.6) is 17.2 Å². The standard InChI is InChI=1S/C16H18FNO3/c1-19-13-5-4-12(14(17)8-13)10-21-16-7-11(9-18)3-6-15(16)20-2/h3-8H,9-10,18H2,1-2H3. The molecular formula is C16H18FNO3. The van der Waals surface area contributed by atoms with Crippen LogP contribution in [0.25, 0.3) is 0 Å². The molecule has 2 aromatic carbocycles. The lowest BCUT2D eigenvalue weighted by Crippen LogP contribution is -2.02. The Labute approximate surface area is 123 Å². The van der Waals surface area contributed by atoms with Crippen LogP contribution in [0.15, 0.2) is 36.4 Å². The SMILES string of the molecule is COc1ccc(COc2cc(CN)ccc2OC)c(F)c1. The van der Waals surface area contributed by atoms with Crippen LogP contribution in [0, 0.1) is 5.82 Å². The fourth-order valence-electron chi connectivity index (χ4n) is 1.89. The molecule has 0 aromatic heterocycles. The highest BCUT2D eigenvalue weighted by Gasteiger charge is 2.09. The molecule has 0 spiro atoms. The molecule has 0 aliphatic heterocycles. The van der Waals surface area contributed by atoms with E-state index in [-0.39, 0.29) is 12.4 Å². The van der Waals surface area contributed by atoms with Crippen molar-refractivity contribution in [2.75, 3.05) is 14.2 Å². The van der Waals surface area contributed by atoms with Crippen molar-refractivity contribution in [3.63, 3.8) is 0 Å². The zero-order valence-electron chi connectivity index (χ0n) is 12.1. The number of methoxy groups -OCH3 is 2. The van der Waals surface area contributed by atoms with Crippen LogP contribution in [0.4, 0.5) is 4.39 Å². The molecule has 0 fully saturated rings. The fourth-order valence-corrected chi connectivity index (χ4v) is 1.89. The first kappa shape index (κ1) is 15.1. The van der Waals surface area contributed by atoms with Gasteiger partial charge in [-0.2, -0.15) is 0 Å². The molecule has 2 rings (SSSR count). The van der Waals surface area contributed by atoms with Crippen LogP contribution in [0.1, 0.15) is 11.1 Å². The minimum Gasteiger partial charge on any atom is -0.497 e. The van der Waals surface area contributed by atoms with Crippen LogP contribution in [-0.2, 0) is 13.2 Å². The molecule has 0 aliphatic carbocycles. The number of ether oxygens (including phenoxy) is 3. The quantitative estimate of drug-likeness (QED) is 0.889. The maximum Gasteiger partial charge on any atom is 0.161 e. The van der Waals surface area contributed by atoms with E-state index in [2.05, 4.69) is 0 Å². The molecule has 0 bridgehead atoms. The Balaban J connectivity index is 2.15. The van der Waals surface area contributed by atoms with E-state index in [4.69, 9.17) is 19.9 Å². The maximum atomic E-state index is 13.9. The van der Waals surface area contributed by atoms with Gasteiger partial charge in [0.25, 0.3) is 0 Å². The van der Waals surface area contributed by atoms with Crippen LogP contribution in [0.3, 0.4) is 0 Å². The molecule has 2 N–H and O–H groups in total. The second-order valence-corrected chi connectivity index (χ2v) is 4.44. The molecule has 0 unspecified atom stereocenters. The van der Waals surface area contributed by atoms with Crippen molar-refractivity contribution in [3.05, 3.63) is 53.3 Å². The number of halogens is 1. The molecule has 0 radical (unpaired) electrons. The molecule has 0 heterocycles. The summed E-state index contributed by atoms with van der Waals surface area (Å²) in [6, 6.07) is 10.1. The van der Waals surface area contributed by atoms with Gasteiger partial charge >= 0.3 is 0 Å². The van der Waals surface area contributed by atoms with Crippen molar-refractivity contribution in [1.82, 2.24) is 0 Å². The highest BCUT2D eigenvalue weighted by atomic mass is 19.1. The average molecular weight is 291 g/mol. The number of hydrogen-bond acceptors (Lipinski definition) is 4. The smallest absolute Gasteiger partial charge is 0.161 e. The van der Waals surface area contributed by atoms with Gasteiger partial charge in [0.15, 0.2) is 11.5 Å². The van der Waals surface area contributed by atoms with Gasteiger partial charge in [-0.1, -0.05) is 6.07 Å². The third kappa shape index (κ3) is 3.64. The van der Waals surface area contributed by atoms with E-state index >= 15 is 0 Å². The summed E-state index contributed by atoms with van der Waals surface area (Å²) >= 11 is 0. The predicted octanol–water partition coefficient (Wildman–Crippen LogP) is 2.88. The van der Waals surface area contributed by atoms with Crippen LogP contribution < -0.4 is 19.9 Å². The van der Waals surface area contributed by atoms with Crippen molar-refractivity contribution in [3.8, 4) is 17.2 Å². The van der Waals surface area contributed by atoms with Gasteiger partial charge in [0.2, 0.25) is 0 Å². The van der Waals surface area contributed by atoms with Gasteiger partial charge in [-0.05, 0) is 29.8 Å². The molecule has 0 saturated carbocycles. The first-order chi connectivity index (χ1) is 10.2. The minimum atomic E-state index is -0.372. The van der Waals surface area contributed by atoms with Gasteiger partial charge in [-0.3, -0.25) is 0 Å². The number of hydrogen-bond donors (Lipinski definition) is 1. The molecule has 2 aromatic rings. The minimum absolute atomic E-state index is 0.0974. The Morgan fingerprint density at radius 3 is 2.43 bits per heavy atom. The zero-order chi connectivity index (χ0) is 15.2. The molecule has 0 atom stereocenters. The van der Waals surface area contributed by atoms with E-state index in [1.807, 2.05) is 6.07 Å². The highest BCUT2D eigenvalue weighted by Crippen LogP contribution is 2.29. The molecule has 0 aliphatic rings. The Kier molecular flexibility index (Phi) is 5.00. The van der Waals surface area contributed by atoms with E-state index in [1.54, 1.807) is 31.4 Å². The normalized spacial score (nSPS) is 10.3. The molecule has 0 amide bonds. The average Bonchev–Trinajstić information content (AvgIpc) is 2.53. The third-order valence-corrected chi connectivity index (χ3v) is 3.11. The maximum absolute atomic E-state index is 13.9. The molecule has 112 valence electrons. The van der Waals surface area contributed by atoms with Crippen molar-refractivity contribution in [2.24, 2.45) is 5.73 Å². The lowest BCUT2D eigenvalue weighted by atomic mass is 10.2. The van der Waals surface area contributed by atoms with Gasteiger partial charge in [-0.25, -0.2) is 4.39 Å². The second kappa shape index (κ2) is 6.95. The molecule has 21 heavy (non-hydrogen) atoms. The zero-order valence-corrected chi connectivity index (χ0v) is 12.1. The Bertz CT molecular complexity index is 616. The van der Waals surface area contributed by atoms with Crippen LogP contribution in [0.2, 0.25) is 0 Å². The summed E-state index contributed by atoms with van der Waals surface area (Å²) in [7, 11) is 3.05. The Morgan fingerprint density at radius 2 is 1.81 bits per heavy atom. The first-order valence-corrected chi connectivity index (χ1v) is 6.50.